The van der Waals surface area contributed by atoms with Crippen LogP contribution in [0.5, 0.6) is 0 Å². The van der Waals surface area contributed by atoms with Crippen LogP contribution in [0.1, 0.15) is 37.4 Å². The SMILES string of the molecule is Cc1ccccc1C(C)NC(=O)[C@@H](C)NC(=O)[C@@H](N)CC(=O)O. The molecular weight excluding hydrogens is 298 g/mol. The van der Waals surface area contributed by atoms with Crippen molar-refractivity contribution in [2.45, 2.75) is 45.3 Å². The van der Waals surface area contributed by atoms with Crippen molar-refractivity contribution in [3.8, 4) is 0 Å². The molecule has 7 heteroatoms. The second-order valence-corrected chi connectivity index (χ2v) is 5.52. The van der Waals surface area contributed by atoms with E-state index < -0.39 is 30.4 Å². The van der Waals surface area contributed by atoms with E-state index in [0.29, 0.717) is 0 Å². The molecule has 5 N–H and O–H groups in total. The molecule has 1 rings (SSSR count). The maximum Gasteiger partial charge on any atom is 0.305 e. The number of benzene rings is 1. The number of rotatable bonds is 7. The Balaban J connectivity index is 2.58. The molecule has 0 saturated heterocycles. The first kappa shape index (κ1) is 18.6. The molecule has 0 bridgehead atoms. The maximum atomic E-state index is 12.1. The lowest BCUT2D eigenvalue weighted by molar-refractivity contribution is -0.139. The number of hydrogen-bond donors (Lipinski definition) is 4. The van der Waals surface area contributed by atoms with Gasteiger partial charge in [0.2, 0.25) is 11.8 Å². The topological polar surface area (TPSA) is 122 Å². The fourth-order valence-electron chi connectivity index (χ4n) is 2.16. The quantitative estimate of drug-likeness (QED) is 0.582. The highest BCUT2D eigenvalue weighted by Crippen LogP contribution is 2.16. The normalized spacial score (nSPS) is 14.4. The van der Waals surface area contributed by atoms with E-state index in [9.17, 15) is 14.4 Å². The Labute approximate surface area is 135 Å². The van der Waals surface area contributed by atoms with Crippen LogP contribution in [0, 0.1) is 6.92 Å². The monoisotopic (exact) mass is 321 g/mol. The molecule has 1 aromatic carbocycles. The van der Waals surface area contributed by atoms with Crippen molar-refractivity contribution in [2.75, 3.05) is 0 Å². The van der Waals surface area contributed by atoms with Crippen LogP contribution in [0.4, 0.5) is 0 Å². The summed E-state index contributed by atoms with van der Waals surface area (Å²) >= 11 is 0. The molecule has 7 nitrogen and oxygen atoms in total. The van der Waals surface area contributed by atoms with E-state index in [2.05, 4.69) is 10.6 Å². The summed E-state index contributed by atoms with van der Waals surface area (Å²) in [6.07, 6.45) is -0.486. The lowest BCUT2D eigenvalue weighted by Crippen LogP contribution is -2.51. The Morgan fingerprint density at radius 3 is 2.30 bits per heavy atom. The highest BCUT2D eigenvalue weighted by atomic mass is 16.4. The Kier molecular flexibility index (Phi) is 6.71. The predicted octanol–water partition coefficient (Wildman–Crippen LogP) is 0.479. The van der Waals surface area contributed by atoms with Crippen molar-refractivity contribution in [3.63, 3.8) is 0 Å². The number of carboxylic acid groups (broad SMARTS) is 1. The Hall–Kier alpha value is -2.41. The summed E-state index contributed by atoms with van der Waals surface area (Å²) < 4.78 is 0. The average molecular weight is 321 g/mol. The Morgan fingerprint density at radius 2 is 1.74 bits per heavy atom. The fraction of sp³-hybridized carbons (Fsp3) is 0.438. The third-order valence-corrected chi connectivity index (χ3v) is 3.50. The smallest absolute Gasteiger partial charge is 0.305 e. The van der Waals surface area contributed by atoms with Crippen molar-refractivity contribution >= 4 is 17.8 Å². The predicted molar refractivity (Wildman–Crippen MR) is 85.6 cm³/mol. The van der Waals surface area contributed by atoms with Crippen LogP contribution in [0.3, 0.4) is 0 Å². The Morgan fingerprint density at radius 1 is 1.13 bits per heavy atom. The summed E-state index contributed by atoms with van der Waals surface area (Å²) in [5.74, 6) is -2.20. The zero-order valence-corrected chi connectivity index (χ0v) is 13.5. The van der Waals surface area contributed by atoms with Crippen molar-refractivity contribution in [1.29, 1.82) is 0 Å². The Bertz CT molecular complexity index is 588. The van der Waals surface area contributed by atoms with Crippen LogP contribution >= 0.6 is 0 Å². The summed E-state index contributed by atoms with van der Waals surface area (Å²) in [5.41, 5.74) is 7.50. The molecular formula is C16H23N3O4. The number of nitrogens with two attached hydrogens (primary N) is 1. The minimum absolute atomic E-state index is 0.212. The highest BCUT2D eigenvalue weighted by molar-refractivity contribution is 5.91. The molecule has 0 aliphatic heterocycles. The van der Waals surface area contributed by atoms with Crippen molar-refractivity contribution in [2.24, 2.45) is 5.73 Å². The lowest BCUT2D eigenvalue weighted by Gasteiger charge is -2.21. The summed E-state index contributed by atoms with van der Waals surface area (Å²) in [6, 6.07) is 5.47. The van der Waals surface area contributed by atoms with Gasteiger partial charge < -0.3 is 21.5 Å². The zero-order valence-electron chi connectivity index (χ0n) is 13.5. The molecule has 0 saturated carbocycles. The third-order valence-electron chi connectivity index (χ3n) is 3.50. The van der Waals surface area contributed by atoms with E-state index >= 15 is 0 Å². The molecule has 0 aliphatic rings. The van der Waals surface area contributed by atoms with Gasteiger partial charge in [0.1, 0.15) is 6.04 Å². The number of carboxylic acids is 1. The molecule has 0 aromatic heterocycles. The van der Waals surface area contributed by atoms with Gasteiger partial charge in [-0.05, 0) is 31.9 Å². The molecule has 2 amide bonds. The maximum absolute atomic E-state index is 12.1. The minimum atomic E-state index is -1.18. The van der Waals surface area contributed by atoms with E-state index in [4.69, 9.17) is 10.8 Å². The van der Waals surface area contributed by atoms with E-state index in [-0.39, 0.29) is 11.9 Å². The van der Waals surface area contributed by atoms with Gasteiger partial charge in [-0.15, -0.1) is 0 Å². The number of hydrogen-bond acceptors (Lipinski definition) is 4. The second-order valence-electron chi connectivity index (χ2n) is 5.52. The molecule has 1 aromatic rings. The molecule has 23 heavy (non-hydrogen) atoms. The van der Waals surface area contributed by atoms with Gasteiger partial charge >= 0.3 is 5.97 Å². The number of carbonyl (C=O) groups is 3. The van der Waals surface area contributed by atoms with Gasteiger partial charge in [-0.1, -0.05) is 24.3 Å². The van der Waals surface area contributed by atoms with E-state index in [0.717, 1.165) is 11.1 Å². The molecule has 0 fully saturated rings. The van der Waals surface area contributed by atoms with E-state index in [1.807, 2.05) is 38.1 Å². The third kappa shape index (κ3) is 5.71. The molecule has 3 atom stereocenters. The summed E-state index contributed by atoms with van der Waals surface area (Å²) in [6.45, 7) is 5.32. The summed E-state index contributed by atoms with van der Waals surface area (Å²) in [4.78, 5) is 34.4. The van der Waals surface area contributed by atoms with Crippen LogP contribution in [-0.4, -0.2) is 35.0 Å². The van der Waals surface area contributed by atoms with E-state index in [1.165, 1.54) is 6.92 Å². The zero-order chi connectivity index (χ0) is 17.6. The van der Waals surface area contributed by atoms with Crippen molar-refractivity contribution in [3.05, 3.63) is 35.4 Å². The molecule has 0 spiro atoms. The van der Waals surface area contributed by atoms with E-state index in [1.54, 1.807) is 0 Å². The van der Waals surface area contributed by atoms with Gasteiger partial charge in [-0.25, -0.2) is 0 Å². The van der Waals surface area contributed by atoms with Crippen LogP contribution in [0.2, 0.25) is 0 Å². The summed E-state index contributed by atoms with van der Waals surface area (Å²) in [7, 11) is 0. The number of nitrogens with one attached hydrogen (secondary N) is 2. The van der Waals surface area contributed by atoms with Gasteiger partial charge in [-0.3, -0.25) is 14.4 Å². The van der Waals surface area contributed by atoms with Gasteiger partial charge in [-0.2, -0.15) is 0 Å². The van der Waals surface area contributed by atoms with Crippen LogP contribution in [0.15, 0.2) is 24.3 Å². The van der Waals surface area contributed by atoms with Crippen LogP contribution < -0.4 is 16.4 Å². The number of carbonyl (C=O) groups excluding carboxylic acids is 2. The van der Waals surface area contributed by atoms with Crippen LogP contribution in [0.25, 0.3) is 0 Å². The fourth-order valence-corrected chi connectivity index (χ4v) is 2.16. The molecule has 0 radical (unpaired) electrons. The standard InChI is InChI=1S/C16H23N3O4/c1-9-6-4-5-7-12(9)10(2)18-15(22)11(3)19-16(23)13(17)8-14(20)21/h4-7,10-11,13H,8,17H2,1-3H3,(H,18,22)(H,19,23)(H,20,21)/t10?,11-,13+/m1/s1. The lowest BCUT2D eigenvalue weighted by atomic mass is 10.0. The van der Waals surface area contributed by atoms with Crippen molar-refractivity contribution < 1.29 is 19.5 Å². The van der Waals surface area contributed by atoms with Crippen molar-refractivity contribution in [1.82, 2.24) is 10.6 Å². The van der Waals surface area contributed by atoms with Crippen LogP contribution in [-0.2, 0) is 14.4 Å². The second kappa shape index (κ2) is 8.28. The molecule has 0 aliphatic carbocycles. The number of aryl methyl sites for hydroxylation is 1. The molecule has 126 valence electrons. The number of amides is 2. The van der Waals surface area contributed by atoms with Gasteiger partial charge in [0.25, 0.3) is 0 Å². The minimum Gasteiger partial charge on any atom is -0.481 e. The highest BCUT2D eigenvalue weighted by Gasteiger charge is 2.23. The number of aliphatic carboxylic acids is 1. The molecule has 0 heterocycles. The largest absolute Gasteiger partial charge is 0.481 e. The first-order chi connectivity index (χ1) is 10.7. The first-order valence-corrected chi connectivity index (χ1v) is 7.36. The van der Waals surface area contributed by atoms with Gasteiger partial charge in [0.15, 0.2) is 0 Å². The average Bonchev–Trinajstić information content (AvgIpc) is 2.46. The summed E-state index contributed by atoms with van der Waals surface area (Å²) in [5, 5.41) is 13.8. The van der Waals surface area contributed by atoms with Gasteiger partial charge in [0.05, 0.1) is 18.5 Å². The van der Waals surface area contributed by atoms with Gasteiger partial charge in [0, 0.05) is 0 Å². The first-order valence-electron chi connectivity index (χ1n) is 7.36. The molecule has 1 unspecified atom stereocenters.